The Labute approximate surface area is 98.8 Å². The second kappa shape index (κ2) is 3.77. The molecular weight excluding hydrogens is 286 g/mol. The first-order valence-corrected chi connectivity index (χ1v) is 5.43. The molecule has 0 spiro atoms. The van der Waals surface area contributed by atoms with Crippen LogP contribution in [0.5, 0.6) is 0 Å². The topological polar surface area (TPSA) is 33.4 Å². The van der Waals surface area contributed by atoms with Gasteiger partial charge in [-0.2, -0.15) is 0 Å². The van der Waals surface area contributed by atoms with E-state index in [1.807, 2.05) is 0 Å². The molecule has 1 aromatic heterocycles. The molecule has 1 aromatic carbocycles. The molecule has 0 aliphatic rings. The van der Waals surface area contributed by atoms with E-state index in [0.717, 1.165) is 0 Å². The van der Waals surface area contributed by atoms with Gasteiger partial charge in [-0.25, -0.2) is 4.39 Å². The smallest absolute Gasteiger partial charge is 0.152 e. The van der Waals surface area contributed by atoms with Crippen molar-refractivity contribution in [3.8, 4) is 0 Å². The SMILES string of the molecule is CC(O)c1cc2c(F)c(Cl)cc(Br)c2o1. The van der Waals surface area contributed by atoms with Crippen LogP contribution >= 0.6 is 27.5 Å². The van der Waals surface area contributed by atoms with E-state index in [2.05, 4.69) is 15.9 Å². The molecule has 1 unspecified atom stereocenters. The second-order valence-electron chi connectivity index (χ2n) is 3.22. The Morgan fingerprint density at radius 2 is 2.20 bits per heavy atom. The number of rotatable bonds is 1. The highest BCUT2D eigenvalue weighted by atomic mass is 79.9. The first kappa shape index (κ1) is 10.9. The van der Waals surface area contributed by atoms with E-state index in [-0.39, 0.29) is 10.4 Å². The Hall–Kier alpha value is -0.580. The van der Waals surface area contributed by atoms with E-state index in [9.17, 15) is 9.50 Å². The summed E-state index contributed by atoms with van der Waals surface area (Å²) < 4.78 is 19.4. The molecule has 0 saturated heterocycles. The Bertz CT molecular complexity index is 522. The van der Waals surface area contributed by atoms with Crippen LogP contribution in [0.15, 0.2) is 21.0 Å². The number of benzene rings is 1. The third-order valence-corrected chi connectivity index (χ3v) is 2.94. The van der Waals surface area contributed by atoms with Crippen molar-refractivity contribution in [3.05, 3.63) is 33.2 Å². The lowest BCUT2D eigenvalue weighted by Crippen LogP contribution is -1.85. The zero-order chi connectivity index (χ0) is 11.2. The van der Waals surface area contributed by atoms with Gasteiger partial charge in [0, 0.05) is 0 Å². The zero-order valence-electron chi connectivity index (χ0n) is 7.72. The standard InChI is InChI=1S/C10H7BrClFO2/c1-4(14)8-2-5-9(13)7(12)3-6(11)10(5)15-8/h2-4,14H,1H3. The van der Waals surface area contributed by atoms with Crippen molar-refractivity contribution in [2.24, 2.45) is 0 Å². The molecule has 0 saturated carbocycles. The quantitative estimate of drug-likeness (QED) is 0.805. The van der Waals surface area contributed by atoms with Crippen molar-refractivity contribution < 1.29 is 13.9 Å². The highest BCUT2D eigenvalue weighted by Crippen LogP contribution is 2.35. The number of fused-ring (bicyclic) bond motifs is 1. The number of hydrogen-bond acceptors (Lipinski definition) is 2. The van der Waals surface area contributed by atoms with Crippen LogP contribution in [0.4, 0.5) is 4.39 Å². The van der Waals surface area contributed by atoms with Gasteiger partial charge in [0.05, 0.1) is 14.9 Å². The lowest BCUT2D eigenvalue weighted by molar-refractivity contribution is 0.172. The maximum Gasteiger partial charge on any atom is 0.152 e. The van der Waals surface area contributed by atoms with E-state index in [0.29, 0.717) is 15.8 Å². The van der Waals surface area contributed by atoms with Gasteiger partial charge in [0.2, 0.25) is 0 Å². The Morgan fingerprint density at radius 1 is 1.53 bits per heavy atom. The number of hydrogen-bond donors (Lipinski definition) is 1. The molecule has 1 atom stereocenters. The molecule has 2 nitrogen and oxygen atoms in total. The second-order valence-corrected chi connectivity index (χ2v) is 4.48. The Balaban J connectivity index is 2.80. The molecule has 0 bridgehead atoms. The molecule has 2 rings (SSSR count). The number of halogens is 3. The van der Waals surface area contributed by atoms with Crippen LogP contribution in [-0.4, -0.2) is 5.11 Å². The van der Waals surface area contributed by atoms with Gasteiger partial charge in [0.15, 0.2) is 11.4 Å². The molecule has 2 aromatic rings. The number of aliphatic hydroxyl groups excluding tert-OH is 1. The number of aliphatic hydroxyl groups is 1. The molecule has 1 heterocycles. The monoisotopic (exact) mass is 292 g/mol. The minimum atomic E-state index is -0.775. The third-order valence-electron chi connectivity index (χ3n) is 2.08. The predicted molar refractivity (Wildman–Crippen MR) is 59.5 cm³/mol. The van der Waals surface area contributed by atoms with E-state index >= 15 is 0 Å². The van der Waals surface area contributed by atoms with Gasteiger partial charge in [-0.1, -0.05) is 11.6 Å². The van der Waals surface area contributed by atoms with Crippen molar-refractivity contribution in [2.75, 3.05) is 0 Å². The first-order chi connectivity index (χ1) is 7.00. The van der Waals surface area contributed by atoms with Crippen LogP contribution < -0.4 is 0 Å². The van der Waals surface area contributed by atoms with Crippen molar-refractivity contribution in [1.29, 1.82) is 0 Å². The van der Waals surface area contributed by atoms with Crippen LogP contribution in [0.2, 0.25) is 5.02 Å². The summed E-state index contributed by atoms with van der Waals surface area (Å²) in [5.41, 5.74) is 0.354. The normalized spacial score (nSPS) is 13.4. The van der Waals surface area contributed by atoms with Crippen LogP contribution in [0.25, 0.3) is 11.0 Å². The van der Waals surface area contributed by atoms with Gasteiger partial charge < -0.3 is 9.52 Å². The molecule has 1 N–H and O–H groups in total. The van der Waals surface area contributed by atoms with E-state index in [1.54, 1.807) is 6.92 Å². The Kier molecular flexibility index (Phi) is 2.75. The minimum Gasteiger partial charge on any atom is -0.457 e. The van der Waals surface area contributed by atoms with Crippen LogP contribution in [0, 0.1) is 5.82 Å². The molecule has 5 heteroatoms. The van der Waals surface area contributed by atoms with Crippen molar-refractivity contribution in [3.63, 3.8) is 0 Å². The summed E-state index contributed by atoms with van der Waals surface area (Å²) in [6, 6.07) is 2.88. The average molecular weight is 294 g/mol. The molecule has 0 radical (unpaired) electrons. The average Bonchev–Trinajstić information content (AvgIpc) is 2.59. The lowest BCUT2D eigenvalue weighted by atomic mass is 10.2. The third kappa shape index (κ3) is 1.77. The van der Waals surface area contributed by atoms with Gasteiger partial charge in [-0.05, 0) is 35.0 Å². The van der Waals surface area contributed by atoms with Crippen LogP contribution in [0.3, 0.4) is 0 Å². The molecule has 0 amide bonds. The van der Waals surface area contributed by atoms with Gasteiger partial charge in [-0.15, -0.1) is 0 Å². The molecule has 15 heavy (non-hydrogen) atoms. The zero-order valence-corrected chi connectivity index (χ0v) is 10.1. The summed E-state index contributed by atoms with van der Waals surface area (Å²) >= 11 is 8.89. The highest BCUT2D eigenvalue weighted by molar-refractivity contribution is 9.10. The van der Waals surface area contributed by atoms with Crippen LogP contribution in [0.1, 0.15) is 18.8 Å². The predicted octanol–water partition coefficient (Wildman–Crippen LogP) is 4.04. The Morgan fingerprint density at radius 3 is 2.80 bits per heavy atom. The highest BCUT2D eigenvalue weighted by Gasteiger charge is 2.16. The van der Waals surface area contributed by atoms with E-state index in [4.69, 9.17) is 16.0 Å². The van der Waals surface area contributed by atoms with Gasteiger partial charge in [0.1, 0.15) is 11.9 Å². The fourth-order valence-electron chi connectivity index (χ4n) is 1.33. The maximum atomic E-state index is 13.6. The van der Waals surface area contributed by atoms with Crippen molar-refractivity contribution in [1.82, 2.24) is 0 Å². The number of furan rings is 1. The molecule has 0 fully saturated rings. The van der Waals surface area contributed by atoms with Gasteiger partial charge in [-0.3, -0.25) is 0 Å². The summed E-state index contributed by atoms with van der Waals surface area (Å²) in [5, 5.41) is 9.60. The summed E-state index contributed by atoms with van der Waals surface area (Å²) in [6.07, 6.45) is -0.775. The molecular formula is C10H7BrClFO2. The van der Waals surface area contributed by atoms with Crippen molar-refractivity contribution in [2.45, 2.75) is 13.0 Å². The van der Waals surface area contributed by atoms with Gasteiger partial charge >= 0.3 is 0 Å². The molecule has 0 aliphatic heterocycles. The fourth-order valence-corrected chi connectivity index (χ4v) is 2.19. The summed E-state index contributed by atoms with van der Waals surface area (Å²) in [4.78, 5) is 0. The maximum absolute atomic E-state index is 13.6. The molecule has 80 valence electrons. The van der Waals surface area contributed by atoms with E-state index < -0.39 is 11.9 Å². The lowest BCUT2D eigenvalue weighted by Gasteiger charge is -1.97. The van der Waals surface area contributed by atoms with Gasteiger partial charge in [0.25, 0.3) is 0 Å². The van der Waals surface area contributed by atoms with Crippen LogP contribution in [-0.2, 0) is 0 Å². The minimum absolute atomic E-state index is 0.0207. The summed E-state index contributed by atoms with van der Waals surface area (Å²) in [6.45, 7) is 1.55. The first-order valence-electron chi connectivity index (χ1n) is 4.25. The van der Waals surface area contributed by atoms with Crippen molar-refractivity contribution >= 4 is 38.5 Å². The largest absolute Gasteiger partial charge is 0.457 e. The van der Waals surface area contributed by atoms with E-state index in [1.165, 1.54) is 12.1 Å². The fraction of sp³-hybridized carbons (Fsp3) is 0.200. The molecule has 0 aliphatic carbocycles. The summed E-state index contributed by atoms with van der Waals surface area (Å²) in [7, 11) is 0. The summed E-state index contributed by atoms with van der Waals surface area (Å²) in [5.74, 6) is -0.225.